The fourth-order valence-electron chi connectivity index (χ4n) is 2.88. The number of benzene rings is 1. The number of aromatic nitrogens is 2. The van der Waals surface area contributed by atoms with Gasteiger partial charge in [-0.2, -0.15) is 0 Å². The SMILES string of the molecule is O=C(NCc1nc(-c2ccccc2)cs1)[C@H]1C[C@@H]1c1cccnc1. The Morgan fingerprint density at radius 3 is 2.88 bits per heavy atom. The van der Waals surface area contributed by atoms with Gasteiger partial charge in [-0.1, -0.05) is 36.4 Å². The molecule has 1 amide bonds. The standard InChI is InChI=1S/C19H17N3OS/c23-19(16-9-15(16)14-7-4-8-20-10-14)21-11-18-22-17(12-24-18)13-5-2-1-3-6-13/h1-8,10,12,15-16H,9,11H2,(H,21,23)/t15-,16+/m1/s1. The summed E-state index contributed by atoms with van der Waals surface area (Å²) in [5.74, 6) is 0.498. The van der Waals surface area contributed by atoms with Gasteiger partial charge in [0, 0.05) is 29.3 Å². The van der Waals surface area contributed by atoms with Gasteiger partial charge in [-0.05, 0) is 24.0 Å². The first-order chi connectivity index (χ1) is 11.8. The van der Waals surface area contributed by atoms with E-state index in [4.69, 9.17) is 0 Å². The van der Waals surface area contributed by atoms with E-state index < -0.39 is 0 Å². The van der Waals surface area contributed by atoms with Crippen molar-refractivity contribution in [2.45, 2.75) is 18.9 Å². The average molecular weight is 335 g/mol. The summed E-state index contributed by atoms with van der Waals surface area (Å²) in [7, 11) is 0. The number of hydrogen-bond acceptors (Lipinski definition) is 4. The lowest BCUT2D eigenvalue weighted by Gasteiger charge is -2.03. The van der Waals surface area contributed by atoms with Crippen LogP contribution in [0.5, 0.6) is 0 Å². The molecule has 1 saturated carbocycles. The maximum absolute atomic E-state index is 12.3. The van der Waals surface area contributed by atoms with Crippen LogP contribution in [0.2, 0.25) is 0 Å². The van der Waals surface area contributed by atoms with Gasteiger partial charge in [-0.3, -0.25) is 9.78 Å². The summed E-state index contributed by atoms with van der Waals surface area (Å²) in [6.07, 6.45) is 4.52. The minimum atomic E-state index is 0.0720. The Kier molecular flexibility index (Phi) is 4.09. The molecule has 1 aliphatic carbocycles. The Bertz CT molecular complexity index is 832. The molecule has 2 atom stereocenters. The Balaban J connectivity index is 1.33. The van der Waals surface area contributed by atoms with Gasteiger partial charge in [0.05, 0.1) is 12.2 Å². The van der Waals surface area contributed by atoms with E-state index in [2.05, 4.69) is 15.3 Å². The smallest absolute Gasteiger partial charge is 0.224 e. The Hall–Kier alpha value is -2.53. The summed E-state index contributed by atoms with van der Waals surface area (Å²) < 4.78 is 0. The average Bonchev–Trinajstić information content (AvgIpc) is 3.31. The van der Waals surface area contributed by atoms with E-state index in [1.807, 2.05) is 54.0 Å². The van der Waals surface area contributed by atoms with Gasteiger partial charge in [0.2, 0.25) is 5.91 Å². The molecule has 3 aromatic rings. The zero-order valence-electron chi connectivity index (χ0n) is 13.1. The first-order valence-electron chi connectivity index (χ1n) is 7.99. The summed E-state index contributed by atoms with van der Waals surface area (Å²) >= 11 is 1.58. The Morgan fingerprint density at radius 2 is 2.08 bits per heavy atom. The fraction of sp³-hybridized carbons (Fsp3) is 0.211. The predicted molar refractivity (Wildman–Crippen MR) is 94.5 cm³/mol. The molecule has 4 rings (SSSR count). The van der Waals surface area contributed by atoms with Gasteiger partial charge >= 0.3 is 0 Å². The van der Waals surface area contributed by atoms with E-state index in [1.54, 1.807) is 17.5 Å². The summed E-state index contributed by atoms with van der Waals surface area (Å²) in [6.45, 7) is 0.493. The molecule has 1 aromatic carbocycles. The van der Waals surface area contributed by atoms with Gasteiger partial charge in [0.1, 0.15) is 5.01 Å². The summed E-state index contributed by atoms with van der Waals surface area (Å²) in [5, 5.41) is 5.98. The highest BCUT2D eigenvalue weighted by Gasteiger charge is 2.43. The lowest BCUT2D eigenvalue weighted by atomic mass is 10.1. The number of rotatable bonds is 5. The number of amides is 1. The minimum Gasteiger partial charge on any atom is -0.349 e. The highest BCUT2D eigenvalue weighted by molar-refractivity contribution is 7.09. The predicted octanol–water partition coefficient (Wildman–Crippen LogP) is 3.63. The molecule has 2 aromatic heterocycles. The van der Waals surface area contributed by atoms with Crippen LogP contribution in [0.25, 0.3) is 11.3 Å². The van der Waals surface area contributed by atoms with E-state index in [-0.39, 0.29) is 11.8 Å². The second-order valence-corrected chi connectivity index (χ2v) is 6.89. The molecule has 1 fully saturated rings. The fourth-order valence-corrected chi connectivity index (χ4v) is 3.62. The monoisotopic (exact) mass is 335 g/mol. The second kappa shape index (κ2) is 6.53. The van der Waals surface area contributed by atoms with Crippen LogP contribution in [0.15, 0.2) is 60.2 Å². The lowest BCUT2D eigenvalue weighted by Crippen LogP contribution is -2.24. The van der Waals surface area contributed by atoms with Gasteiger partial charge in [0.15, 0.2) is 0 Å². The van der Waals surface area contributed by atoms with Crippen molar-refractivity contribution in [1.29, 1.82) is 0 Å². The summed E-state index contributed by atoms with van der Waals surface area (Å²) in [4.78, 5) is 21.0. The van der Waals surface area contributed by atoms with Crippen molar-refractivity contribution in [1.82, 2.24) is 15.3 Å². The molecule has 0 unspecified atom stereocenters. The molecule has 5 heteroatoms. The maximum Gasteiger partial charge on any atom is 0.224 e. The second-order valence-electron chi connectivity index (χ2n) is 5.95. The number of carbonyl (C=O) groups is 1. The van der Waals surface area contributed by atoms with Crippen molar-refractivity contribution in [3.8, 4) is 11.3 Å². The minimum absolute atomic E-state index is 0.0720. The van der Waals surface area contributed by atoms with Crippen LogP contribution < -0.4 is 5.32 Å². The van der Waals surface area contributed by atoms with Crippen LogP contribution in [0, 0.1) is 5.92 Å². The normalized spacial score (nSPS) is 19.0. The first-order valence-corrected chi connectivity index (χ1v) is 8.86. The number of hydrogen-bond donors (Lipinski definition) is 1. The third kappa shape index (κ3) is 3.21. The van der Waals surface area contributed by atoms with Crippen molar-refractivity contribution in [3.05, 3.63) is 70.8 Å². The van der Waals surface area contributed by atoms with Crippen molar-refractivity contribution < 1.29 is 4.79 Å². The van der Waals surface area contributed by atoms with E-state index >= 15 is 0 Å². The van der Waals surface area contributed by atoms with Crippen LogP contribution in [-0.4, -0.2) is 15.9 Å². The van der Waals surface area contributed by atoms with Crippen LogP contribution in [0.4, 0.5) is 0 Å². The molecule has 1 N–H and O–H groups in total. The van der Waals surface area contributed by atoms with Crippen LogP contribution in [0.1, 0.15) is 22.9 Å². The van der Waals surface area contributed by atoms with Gasteiger partial charge in [-0.25, -0.2) is 4.98 Å². The Morgan fingerprint density at radius 1 is 1.21 bits per heavy atom. The summed E-state index contributed by atoms with van der Waals surface area (Å²) in [5.41, 5.74) is 3.22. The molecular formula is C19H17N3OS. The van der Waals surface area contributed by atoms with Crippen molar-refractivity contribution in [3.63, 3.8) is 0 Å². The molecule has 24 heavy (non-hydrogen) atoms. The largest absolute Gasteiger partial charge is 0.349 e. The molecular weight excluding hydrogens is 318 g/mol. The van der Waals surface area contributed by atoms with Crippen LogP contribution >= 0.6 is 11.3 Å². The summed E-state index contributed by atoms with van der Waals surface area (Å²) in [6, 6.07) is 14.0. The molecule has 0 spiro atoms. The lowest BCUT2D eigenvalue weighted by molar-refractivity contribution is -0.122. The molecule has 4 nitrogen and oxygen atoms in total. The number of pyridine rings is 1. The molecule has 0 radical (unpaired) electrons. The zero-order chi connectivity index (χ0) is 16.4. The van der Waals surface area contributed by atoms with E-state index in [0.717, 1.165) is 28.2 Å². The highest BCUT2D eigenvalue weighted by atomic mass is 32.1. The number of nitrogens with one attached hydrogen (secondary N) is 1. The third-order valence-corrected chi connectivity index (χ3v) is 5.12. The quantitative estimate of drug-likeness (QED) is 0.775. The van der Waals surface area contributed by atoms with Crippen LogP contribution in [-0.2, 0) is 11.3 Å². The number of nitrogens with zero attached hydrogens (tertiary/aromatic N) is 2. The van der Waals surface area contributed by atoms with Crippen LogP contribution in [0.3, 0.4) is 0 Å². The molecule has 0 saturated heterocycles. The van der Waals surface area contributed by atoms with Crippen molar-refractivity contribution >= 4 is 17.2 Å². The molecule has 120 valence electrons. The molecule has 2 heterocycles. The number of carbonyl (C=O) groups excluding carboxylic acids is 1. The topological polar surface area (TPSA) is 54.9 Å². The number of thiazole rings is 1. The van der Waals surface area contributed by atoms with Crippen molar-refractivity contribution in [2.75, 3.05) is 0 Å². The molecule has 0 bridgehead atoms. The zero-order valence-corrected chi connectivity index (χ0v) is 13.9. The van der Waals surface area contributed by atoms with Gasteiger partial charge in [0.25, 0.3) is 0 Å². The van der Waals surface area contributed by atoms with E-state index in [0.29, 0.717) is 12.5 Å². The van der Waals surface area contributed by atoms with E-state index in [1.165, 1.54) is 0 Å². The first kappa shape index (κ1) is 15.0. The Labute approximate surface area is 144 Å². The van der Waals surface area contributed by atoms with Gasteiger partial charge in [-0.15, -0.1) is 11.3 Å². The maximum atomic E-state index is 12.3. The van der Waals surface area contributed by atoms with Crippen molar-refractivity contribution in [2.24, 2.45) is 5.92 Å². The third-order valence-electron chi connectivity index (χ3n) is 4.27. The highest BCUT2D eigenvalue weighted by Crippen LogP contribution is 2.47. The molecule has 0 aliphatic heterocycles. The molecule has 1 aliphatic rings. The van der Waals surface area contributed by atoms with E-state index in [9.17, 15) is 4.79 Å². The van der Waals surface area contributed by atoms with Gasteiger partial charge < -0.3 is 5.32 Å².